The zero-order valence-electron chi connectivity index (χ0n) is 10.9. The standard InChI is InChI=1S/C11H16N6O2/c1-3-8-10(17(18)19)11(16(2)15-8)14-5-4-9-12-6-7-13-9/h6-7,14H,3-5H2,1-2H3,(H,12,13). The first-order chi connectivity index (χ1) is 9.13. The molecule has 0 aliphatic carbocycles. The predicted octanol–water partition coefficient (Wildman–Crippen LogP) is 1.27. The molecular formula is C11H16N6O2. The second-order valence-corrected chi connectivity index (χ2v) is 4.09. The van der Waals surface area contributed by atoms with Crippen LogP contribution in [0.4, 0.5) is 11.5 Å². The Morgan fingerprint density at radius 1 is 1.58 bits per heavy atom. The number of nitrogens with one attached hydrogen (secondary N) is 2. The van der Waals surface area contributed by atoms with Crippen molar-refractivity contribution in [3.63, 3.8) is 0 Å². The largest absolute Gasteiger partial charge is 0.364 e. The molecule has 19 heavy (non-hydrogen) atoms. The molecule has 8 nitrogen and oxygen atoms in total. The number of hydrogen-bond acceptors (Lipinski definition) is 5. The normalized spacial score (nSPS) is 10.6. The molecule has 8 heteroatoms. The van der Waals surface area contributed by atoms with Gasteiger partial charge in [0.05, 0.1) is 4.92 Å². The summed E-state index contributed by atoms with van der Waals surface area (Å²) in [5, 5.41) is 18.3. The highest BCUT2D eigenvalue weighted by molar-refractivity contribution is 5.59. The van der Waals surface area contributed by atoms with Crippen LogP contribution in [0, 0.1) is 10.1 Å². The fourth-order valence-corrected chi connectivity index (χ4v) is 1.93. The van der Waals surface area contributed by atoms with Crippen LogP contribution in [0.3, 0.4) is 0 Å². The average Bonchev–Trinajstić information content (AvgIpc) is 2.97. The number of aromatic amines is 1. The van der Waals surface area contributed by atoms with Crippen molar-refractivity contribution in [1.82, 2.24) is 19.7 Å². The summed E-state index contributed by atoms with van der Waals surface area (Å²) in [7, 11) is 1.70. The monoisotopic (exact) mass is 264 g/mol. The summed E-state index contributed by atoms with van der Waals surface area (Å²) in [6.07, 6.45) is 4.62. The molecule has 2 N–H and O–H groups in total. The number of rotatable bonds is 6. The van der Waals surface area contributed by atoms with Crippen LogP contribution < -0.4 is 5.32 Å². The SMILES string of the molecule is CCc1nn(C)c(NCCc2ncc[nH]2)c1[N+](=O)[O-]. The number of hydrogen-bond donors (Lipinski definition) is 2. The number of nitrogens with zero attached hydrogens (tertiary/aromatic N) is 4. The van der Waals surface area contributed by atoms with Gasteiger partial charge in [-0.3, -0.25) is 10.1 Å². The molecule has 2 aromatic heterocycles. The second-order valence-electron chi connectivity index (χ2n) is 4.09. The van der Waals surface area contributed by atoms with Crippen molar-refractivity contribution in [1.29, 1.82) is 0 Å². The highest BCUT2D eigenvalue weighted by Gasteiger charge is 2.25. The molecule has 0 fully saturated rings. The van der Waals surface area contributed by atoms with Gasteiger partial charge in [-0.05, 0) is 6.42 Å². The molecule has 2 heterocycles. The number of nitro groups is 1. The Morgan fingerprint density at radius 2 is 2.37 bits per heavy atom. The van der Waals surface area contributed by atoms with Gasteiger partial charge in [-0.25, -0.2) is 9.67 Å². The van der Waals surface area contributed by atoms with E-state index < -0.39 is 0 Å². The van der Waals surface area contributed by atoms with Crippen LogP contribution in [-0.2, 0) is 19.9 Å². The van der Waals surface area contributed by atoms with Crippen LogP contribution in [0.15, 0.2) is 12.4 Å². The molecule has 0 saturated heterocycles. The average molecular weight is 264 g/mol. The van der Waals surface area contributed by atoms with Crippen LogP contribution in [-0.4, -0.2) is 31.2 Å². The summed E-state index contributed by atoms with van der Waals surface area (Å²) < 4.78 is 1.51. The van der Waals surface area contributed by atoms with E-state index in [2.05, 4.69) is 20.4 Å². The third-order valence-electron chi connectivity index (χ3n) is 2.82. The lowest BCUT2D eigenvalue weighted by atomic mass is 10.3. The summed E-state index contributed by atoms with van der Waals surface area (Å²) in [5.74, 6) is 1.28. The van der Waals surface area contributed by atoms with E-state index in [1.54, 1.807) is 19.4 Å². The Hall–Kier alpha value is -2.38. The van der Waals surface area contributed by atoms with Gasteiger partial charge in [-0.1, -0.05) is 6.92 Å². The van der Waals surface area contributed by atoms with Crippen molar-refractivity contribution in [3.8, 4) is 0 Å². The number of aromatic nitrogens is 4. The van der Waals surface area contributed by atoms with Crippen LogP contribution in [0.1, 0.15) is 18.4 Å². The highest BCUT2D eigenvalue weighted by Crippen LogP contribution is 2.28. The van der Waals surface area contributed by atoms with Gasteiger partial charge < -0.3 is 10.3 Å². The lowest BCUT2D eigenvalue weighted by Crippen LogP contribution is -2.10. The van der Waals surface area contributed by atoms with Gasteiger partial charge in [0.2, 0.25) is 5.82 Å². The lowest BCUT2D eigenvalue weighted by Gasteiger charge is -2.04. The van der Waals surface area contributed by atoms with Crippen molar-refractivity contribution < 1.29 is 4.92 Å². The highest BCUT2D eigenvalue weighted by atomic mass is 16.6. The first-order valence-corrected chi connectivity index (χ1v) is 6.05. The Labute approximate surface area is 110 Å². The lowest BCUT2D eigenvalue weighted by molar-refractivity contribution is -0.384. The number of anilines is 1. The van der Waals surface area contributed by atoms with Gasteiger partial charge >= 0.3 is 5.69 Å². The van der Waals surface area contributed by atoms with E-state index in [0.717, 1.165) is 5.82 Å². The summed E-state index contributed by atoms with van der Waals surface area (Å²) in [6.45, 7) is 2.40. The summed E-state index contributed by atoms with van der Waals surface area (Å²) >= 11 is 0. The van der Waals surface area contributed by atoms with Crippen LogP contribution in [0.2, 0.25) is 0 Å². The molecule has 0 radical (unpaired) electrons. The van der Waals surface area contributed by atoms with Gasteiger partial charge in [-0.15, -0.1) is 0 Å². The van der Waals surface area contributed by atoms with Gasteiger partial charge in [-0.2, -0.15) is 5.10 Å². The van der Waals surface area contributed by atoms with Crippen molar-refractivity contribution in [3.05, 3.63) is 34.0 Å². The number of H-pyrrole nitrogens is 1. The van der Waals surface area contributed by atoms with Crippen molar-refractivity contribution in [2.75, 3.05) is 11.9 Å². The van der Waals surface area contributed by atoms with E-state index in [1.165, 1.54) is 4.68 Å². The molecule has 102 valence electrons. The zero-order valence-corrected chi connectivity index (χ0v) is 10.9. The summed E-state index contributed by atoms with van der Waals surface area (Å²) in [6, 6.07) is 0. The molecule has 0 amide bonds. The van der Waals surface area contributed by atoms with Gasteiger partial charge in [0.15, 0.2) is 0 Å². The van der Waals surface area contributed by atoms with Crippen molar-refractivity contribution >= 4 is 11.5 Å². The fraction of sp³-hybridized carbons (Fsp3) is 0.455. The third-order valence-corrected chi connectivity index (χ3v) is 2.82. The van der Waals surface area contributed by atoms with E-state index in [0.29, 0.717) is 30.9 Å². The van der Waals surface area contributed by atoms with Crippen molar-refractivity contribution in [2.24, 2.45) is 7.05 Å². The van der Waals surface area contributed by atoms with Crippen LogP contribution in [0.5, 0.6) is 0 Å². The molecule has 0 aromatic carbocycles. The molecule has 0 bridgehead atoms. The molecule has 0 aliphatic rings. The Balaban J connectivity index is 2.10. The van der Waals surface area contributed by atoms with E-state index in [4.69, 9.17) is 0 Å². The molecule has 0 unspecified atom stereocenters. The number of aryl methyl sites for hydroxylation is 2. The summed E-state index contributed by atoms with van der Waals surface area (Å²) in [5.41, 5.74) is 0.553. The van der Waals surface area contributed by atoms with E-state index in [-0.39, 0.29) is 10.6 Å². The minimum atomic E-state index is -0.388. The predicted molar refractivity (Wildman–Crippen MR) is 70.0 cm³/mol. The molecule has 0 atom stereocenters. The zero-order chi connectivity index (χ0) is 13.8. The van der Waals surface area contributed by atoms with Crippen molar-refractivity contribution in [2.45, 2.75) is 19.8 Å². The molecule has 2 rings (SSSR count). The molecular weight excluding hydrogens is 248 g/mol. The molecule has 0 spiro atoms. The van der Waals surface area contributed by atoms with E-state index in [1.807, 2.05) is 6.92 Å². The molecule has 0 saturated carbocycles. The summed E-state index contributed by atoms with van der Waals surface area (Å²) in [4.78, 5) is 17.8. The maximum atomic E-state index is 11.1. The van der Waals surface area contributed by atoms with Gasteiger partial charge in [0.1, 0.15) is 11.5 Å². The maximum absolute atomic E-state index is 11.1. The third kappa shape index (κ3) is 2.72. The quantitative estimate of drug-likeness (QED) is 0.604. The Bertz CT molecular complexity index is 560. The minimum absolute atomic E-state index is 0.0597. The fourth-order valence-electron chi connectivity index (χ4n) is 1.93. The minimum Gasteiger partial charge on any atom is -0.364 e. The van der Waals surface area contributed by atoms with Crippen LogP contribution >= 0.6 is 0 Å². The van der Waals surface area contributed by atoms with Gasteiger partial charge in [0.25, 0.3) is 0 Å². The first-order valence-electron chi connectivity index (χ1n) is 6.05. The van der Waals surface area contributed by atoms with E-state index in [9.17, 15) is 10.1 Å². The molecule has 0 aliphatic heterocycles. The smallest absolute Gasteiger partial charge is 0.333 e. The topological polar surface area (TPSA) is 102 Å². The van der Waals surface area contributed by atoms with E-state index >= 15 is 0 Å². The number of imidazole rings is 1. The van der Waals surface area contributed by atoms with Crippen LogP contribution in [0.25, 0.3) is 0 Å². The first kappa shape index (κ1) is 13.1. The molecule has 2 aromatic rings. The second kappa shape index (κ2) is 5.51. The van der Waals surface area contributed by atoms with Gasteiger partial charge in [0, 0.05) is 32.4 Å². The Kier molecular flexibility index (Phi) is 3.79. The Morgan fingerprint density at radius 3 is 2.95 bits per heavy atom. The maximum Gasteiger partial charge on any atom is 0.333 e.